The van der Waals surface area contributed by atoms with Crippen molar-refractivity contribution in [3.63, 3.8) is 0 Å². The maximum Gasteiger partial charge on any atom is 0.224 e. The zero-order chi connectivity index (χ0) is 13.4. The summed E-state index contributed by atoms with van der Waals surface area (Å²) in [6, 6.07) is 5.30. The van der Waals surface area contributed by atoms with Gasteiger partial charge >= 0.3 is 0 Å². The molecule has 0 spiro atoms. The number of hydrogen-bond donors (Lipinski definition) is 1. The van der Waals surface area contributed by atoms with Gasteiger partial charge in [0.25, 0.3) is 0 Å². The number of anilines is 1. The smallest absolute Gasteiger partial charge is 0.224 e. The monoisotopic (exact) mass is 315 g/mol. The van der Waals surface area contributed by atoms with E-state index in [-0.39, 0.29) is 5.91 Å². The van der Waals surface area contributed by atoms with Crippen molar-refractivity contribution in [3.05, 3.63) is 18.2 Å². The van der Waals surface area contributed by atoms with E-state index in [4.69, 9.17) is 9.47 Å². The van der Waals surface area contributed by atoms with E-state index in [0.29, 0.717) is 23.6 Å². The number of nitrogens with one attached hydrogen (secondary N) is 1. The standard InChI is InChI=1S/C13H18BrNO3/c1-17-11-7-10(8-12(9-11)18-2)15-13(16)5-3-4-6-14/h7-9H,3-6H2,1-2H3,(H,15,16). The Hall–Kier alpha value is -1.23. The second kappa shape index (κ2) is 7.97. The summed E-state index contributed by atoms with van der Waals surface area (Å²) in [5.41, 5.74) is 0.690. The Morgan fingerprint density at radius 3 is 2.28 bits per heavy atom. The molecule has 0 bridgehead atoms. The summed E-state index contributed by atoms with van der Waals surface area (Å²) >= 11 is 3.34. The molecule has 0 unspecified atom stereocenters. The van der Waals surface area contributed by atoms with Crippen LogP contribution in [0.4, 0.5) is 5.69 Å². The number of benzene rings is 1. The molecule has 100 valence electrons. The normalized spacial score (nSPS) is 9.94. The van der Waals surface area contributed by atoms with Crippen molar-refractivity contribution in [1.82, 2.24) is 0 Å². The highest BCUT2D eigenvalue weighted by Crippen LogP contribution is 2.25. The van der Waals surface area contributed by atoms with Gasteiger partial charge in [0.05, 0.1) is 14.2 Å². The van der Waals surface area contributed by atoms with Gasteiger partial charge in [-0.2, -0.15) is 0 Å². The minimum Gasteiger partial charge on any atom is -0.497 e. The Morgan fingerprint density at radius 2 is 1.78 bits per heavy atom. The van der Waals surface area contributed by atoms with Gasteiger partial charge in [-0.05, 0) is 12.8 Å². The molecule has 0 aliphatic heterocycles. The van der Waals surface area contributed by atoms with E-state index in [1.165, 1.54) is 0 Å². The van der Waals surface area contributed by atoms with Gasteiger partial charge in [0.1, 0.15) is 11.5 Å². The van der Waals surface area contributed by atoms with Crippen LogP contribution in [-0.2, 0) is 4.79 Å². The molecule has 4 nitrogen and oxygen atoms in total. The number of methoxy groups -OCH3 is 2. The summed E-state index contributed by atoms with van der Waals surface area (Å²) < 4.78 is 10.3. The van der Waals surface area contributed by atoms with E-state index in [2.05, 4.69) is 21.2 Å². The number of carbonyl (C=O) groups is 1. The Bertz CT molecular complexity index is 374. The number of amides is 1. The first-order chi connectivity index (χ1) is 8.69. The molecule has 1 N–H and O–H groups in total. The van der Waals surface area contributed by atoms with E-state index >= 15 is 0 Å². The third kappa shape index (κ3) is 4.96. The molecule has 0 saturated carbocycles. The third-order valence-corrected chi connectivity index (χ3v) is 2.98. The van der Waals surface area contributed by atoms with E-state index in [1.807, 2.05) is 0 Å². The van der Waals surface area contributed by atoms with Crippen molar-refractivity contribution in [2.24, 2.45) is 0 Å². The minimum atomic E-state index is 0.00579. The second-order valence-electron chi connectivity index (χ2n) is 3.80. The number of ether oxygens (including phenoxy) is 2. The molecule has 0 aliphatic carbocycles. The van der Waals surface area contributed by atoms with Crippen LogP contribution >= 0.6 is 15.9 Å². The first-order valence-electron chi connectivity index (χ1n) is 5.78. The summed E-state index contributed by atoms with van der Waals surface area (Å²) in [7, 11) is 3.16. The lowest BCUT2D eigenvalue weighted by atomic mass is 10.2. The van der Waals surface area contributed by atoms with Gasteiger partial charge in [-0.25, -0.2) is 0 Å². The fourth-order valence-electron chi connectivity index (χ4n) is 1.48. The van der Waals surface area contributed by atoms with Crippen molar-refractivity contribution in [1.29, 1.82) is 0 Å². The second-order valence-corrected chi connectivity index (χ2v) is 4.59. The number of alkyl halides is 1. The molecule has 1 amide bonds. The third-order valence-electron chi connectivity index (χ3n) is 2.42. The molecule has 0 atom stereocenters. The fourth-order valence-corrected chi connectivity index (χ4v) is 1.88. The molecule has 0 aliphatic rings. The highest BCUT2D eigenvalue weighted by molar-refractivity contribution is 9.09. The van der Waals surface area contributed by atoms with Crippen LogP contribution in [0.5, 0.6) is 11.5 Å². The van der Waals surface area contributed by atoms with Crippen molar-refractivity contribution in [2.75, 3.05) is 24.9 Å². The van der Waals surface area contributed by atoms with Gasteiger partial charge < -0.3 is 14.8 Å². The zero-order valence-corrected chi connectivity index (χ0v) is 12.2. The summed E-state index contributed by atoms with van der Waals surface area (Å²) in [5, 5.41) is 3.76. The van der Waals surface area contributed by atoms with Crippen LogP contribution < -0.4 is 14.8 Å². The van der Waals surface area contributed by atoms with Gasteiger partial charge in [0.15, 0.2) is 0 Å². The zero-order valence-electron chi connectivity index (χ0n) is 10.7. The molecule has 0 fully saturated rings. The van der Waals surface area contributed by atoms with Crippen molar-refractivity contribution >= 4 is 27.5 Å². The molecule has 5 heteroatoms. The van der Waals surface area contributed by atoms with E-state index < -0.39 is 0 Å². The number of unbranched alkanes of at least 4 members (excludes halogenated alkanes) is 1. The Morgan fingerprint density at radius 1 is 1.17 bits per heavy atom. The van der Waals surface area contributed by atoms with Crippen molar-refractivity contribution in [3.8, 4) is 11.5 Å². The van der Waals surface area contributed by atoms with Crippen LogP contribution in [0.2, 0.25) is 0 Å². The van der Waals surface area contributed by atoms with Crippen LogP contribution in [-0.4, -0.2) is 25.5 Å². The van der Waals surface area contributed by atoms with Gasteiger partial charge in [0, 0.05) is 35.6 Å². The molecule has 0 saturated heterocycles. The Labute approximate surface area is 116 Å². The van der Waals surface area contributed by atoms with Crippen LogP contribution in [0.25, 0.3) is 0 Å². The van der Waals surface area contributed by atoms with E-state index in [0.717, 1.165) is 18.2 Å². The molecule has 1 rings (SSSR count). The molecule has 0 heterocycles. The molecular weight excluding hydrogens is 298 g/mol. The maximum absolute atomic E-state index is 11.7. The number of hydrogen-bond acceptors (Lipinski definition) is 3. The maximum atomic E-state index is 11.7. The predicted molar refractivity (Wildman–Crippen MR) is 75.8 cm³/mol. The molecule has 0 aromatic heterocycles. The van der Waals surface area contributed by atoms with Gasteiger partial charge in [-0.15, -0.1) is 0 Å². The Balaban J connectivity index is 2.62. The van der Waals surface area contributed by atoms with Crippen LogP contribution in [0.3, 0.4) is 0 Å². The van der Waals surface area contributed by atoms with Crippen LogP contribution in [0, 0.1) is 0 Å². The highest BCUT2D eigenvalue weighted by Gasteiger charge is 2.05. The minimum absolute atomic E-state index is 0.00579. The van der Waals surface area contributed by atoms with E-state index in [9.17, 15) is 4.79 Å². The summed E-state index contributed by atoms with van der Waals surface area (Å²) in [4.78, 5) is 11.7. The average Bonchev–Trinajstić information content (AvgIpc) is 2.38. The number of halogens is 1. The van der Waals surface area contributed by atoms with Crippen LogP contribution in [0.1, 0.15) is 19.3 Å². The lowest BCUT2D eigenvalue weighted by Gasteiger charge is -2.09. The molecule has 18 heavy (non-hydrogen) atoms. The first-order valence-corrected chi connectivity index (χ1v) is 6.90. The predicted octanol–water partition coefficient (Wildman–Crippen LogP) is 3.21. The fraction of sp³-hybridized carbons (Fsp3) is 0.462. The quantitative estimate of drug-likeness (QED) is 0.621. The summed E-state index contributed by atoms with van der Waals surface area (Å²) in [5.74, 6) is 1.32. The highest BCUT2D eigenvalue weighted by atomic mass is 79.9. The first kappa shape index (κ1) is 14.8. The molecule has 1 aromatic carbocycles. The van der Waals surface area contributed by atoms with Crippen LogP contribution in [0.15, 0.2) is 18.2 Å². The molecule has 0 radical (unpaired) electrons. The average molecular weight is 316 g/mol. The van der Waals surface area contributed by atoms with Gasteiger partial charge in [-0.1, -0.05) is 15.9 Å². The molecular formula is C13H18BrNO3. The SMILES string of the molecule is COc1cc(NC(=O)CCCCBr)cc(OC)c1. The van der Waals surface area contributed by atoms with Gasteiger partial charge in [0.2, 0.25) is 5.91 Å². The summed E-state index contributed by atoms with van der Waals surface area (Å²) in [6.45, 7) is 0. The topological polar surface area (TPSA) is 47.6 Å². The van der Waals surface area contributed by atoms with Crippen molar-refractivity contribution in [2.45, 2.75) is 19.3 Å². The largest absolute Gasteiger partial charge is 0.497 e. The Kier molecular flexibility index (Phi) is 6.57. The number of rotatable bonds is 7. The van der Waals surface area contributed by atoms with E-state index in [1.54, 1.807) is 32.4 Å². The lowest BCUT2D eigenvalue weighted by Crippen LogP contribution is -2.11. The summed E-state index contributed by atoms with van der Waals surface area (Å²) in [6.07, 6.45) is 2.39. The molecule has 1 aromatic rings. The van der Waals surface area contributed by atoms with Crippen molar-refractivity contribution < 1.29 is 14.3 Å². The van der Waals surface area contributed by atoms with Gasteiger partial charge in [-0.3, -0.25) is 4.79 Å². The lowest BCUT2D eigenvalue weighted by molar-refractivity contribution is -0.116. The number of carbonyl (C=O) groups excluding carboxylic acids is 1.